The van der Waals surface area contributed by atoms with Crippen LogP contribution in [0.1, 0.15) is 18.9 Å². The largest absolute Gasteiger partial charge is 0.379 e. The van der Waals surface area contributed by atoms with Crippen molar-refractivity contribution in [3.8, 4) is 0 Å². The van der Waals surface area contributed by atoms with Gasteiger partial charge in [-0.15, -0.1) is 0 Å². The highest BCUT2D eigenvalue weighted by Crippen LogP contribution is 2.37. The van der Waals surface area contributed by atoms with Crippen molar-refractivity contribution < 1.29 is 9.18 Å². The van der Waals surface area contributed by atoms with Gasteiger partial charge in [-0.2, -0.15) is 0 Å². The summed E-state index contributed by atoms with van der Waals surface area (Å²) in [7, 11) is 0. The van der Waals surface area contributed by atoms with Crippen molar-refractivity contribution in [2.45, 2.75) is 18.9 Å². The molecule has 0 bridgehead atoms. The van der Waals surface area contributed by atoms with Crippen molar-refractivity contribution in [3.05, 3.63) is 51.8 Å². The highest BCUT2D eigenvalue weighted by Gasteiger charge is 2.32. The Bertz CT molecular complexity index is 913. The summed E-state index contributed by atoms with van der Waals surface area (Å²) in [6, 6.07) is 4.35. The van der Waals surface area contributed by atoms with Crippen LogP contribution in [0.25, 0.3) is 0 Å². The topological polar surface area (TPSA) is 79.8 Å². The Morgan fingerprint density at radius 2 is 2.19 bits per heavy atom. The summed E-state index contributed by atoms with van der Waals surface area (Å²) < 4.78 is 14.5. The first-order valence-electron chi connectivity index (χ1n) is 8.16. The first kappa shape index (κ1) is 19.9. The maximum Gasteiger partial charge on any atom is 0.275 e. The number of hydrogen-bond donors (Lipinski definition) is 2. The number of amides is 1. The smallest absolute Gasteiger partial charge is 0.275 e. The van der Waals surface area contributed by atoms with Gasteiger partial charge in [-0.3, -0.25) is 14.8 Å². The van der Waals surface area contributed by atoms with E-state index in [1.54, 1.807) is 12.1 Å². The van der Waals surface area contributed by atoms with Gasteiger partial charge in [0, 0.05) is 22.0 Å². The molecule has 0 radical (unpaired) electrons. The number of nitrogens with one attached hydrogen (secondary N) is 1. The lowest BCUT2D eigenvalue weighted by Crippen LogP contribution is -2.30. The second-order valence-corrected chi connectivity index (χ2v) is 8.20. The fourth-order valence-corrected chi connectivity index (χ4v) is 4.29. The zero-order valence-electron chi connectivity index (χ0n) is 14.4. The van der Waals surface area contributed by atoms with Crippen molar-refractivity contribution in [2.24, 2.45) is 15.7 Å². The van der Waals surface area contributed by atoms with Crippen molar-refractivity contribution in [3.63, 3.8) is 0 Å². The van der Waals surface area contributed by atoms with Gasteiger partial charge in [-0.25, -0.2) is 4.39 Å². The van der Waals surface area contributed by atoms with Crippen LogP contribution in [0.5, 0.6) is 0 Å². The predicted octanol–water partition coefficient (Wildman–Crippen LogP) is 4.13. The van der Waals surface area contributed by atoms with Crippen LogP contribution < -0.4 is 11.1 Å². The molecule has 0 aromatic heterocycles. The fraction of sp³-hybridized carbons (Fsp3) is 0.278. The maximum atomic E-state index is 14.5. The molecule has 2 heterocycles. The number of nitrogens with zero attached hydrogens (tertiary/aromatic N) is 2. The van der Waals surface area contributed by atoms with Crippen molar-refractivity contribution in [2.75, 3.05) is 17.6 Å². The Hall–Kier alpha value is -1.83. The van der Waals surface area contributed by atoms with Crippen LogP contribution in [0.4, 0.5) is 10.1 Å². The van der Waals surface area contributed by atoms with E-state index in [1.165, 1.54) is 30.0 Å². The Kier molecular flexibility index (Phi) is 5.93. The highest BCUT2D eigenvalue weighted by atomic mass is 35.5. The first-order valence-corrected chi connectivity index (χ1v) is 9.90. The lowest BCUT2D eigenvalue weighted by atomic mass is 9.89. The average Bonchev–Trinajstić information content (AvgIpc) is 2.76. The number of benzene rings is 1. The van der Waals surface area contributed by atoms with Gasteiger partial charge in [0.15, 0.2) is 5.17 Å². The monoisotopic (exact) mass is 426 g/mol. The molecule has 2 aliphatic heterocycles. The zero-order valence-corrected chi connectivity index (χ0v) is 16.8. The molecule has 0 aliphatic carbocycles. The Labute approximate surface area is 170 Å². The molecule has 1 amide bonds. The molecule has 9 heteroatoms. The summed E-state index contributed by atoms with van der Waals surface area (Å²) in [5, 5.41) is 3.68. The molecule has 1 aromatic rings. The quantitative estimate of drug-likeness (QED) is 0.761. The summed E-state index contributed by atoms with van der Waals surface area (Å²) in [5.41, 5.74) is 5.90. The van der Waals surface area contributed by atoms with Gasteiger partial charge >= 0.3 is 0 Å². The number of rotatable bonds is 3. The molecule has 0 saturated heterocycles. The third-order valence-corrected chi connectivity index (χ3v) is 5.59. The summed E-state index contributed by atoms with van der Waals surface area (Å²) in [5.74, 6) is -0.159. The van der Waals surface area contributed by atoms with Crippen LogP contribution in [-0.2, 0) is 10.3 Å². The van der Waals surface area contributed by atoms with Crippen LogP contribution in [-0.4, -0.2) is 29.1 Å². The van der Waals surface area contributed by atoms with Crippen LogP contribution in [0.2, 0.25) is 0 Å². The molecule has 3 rings (SSSR count). The molecule has 3 N–H and O–H groups in total. The number of allylic oxidation sites excluding steroid dienone is 2. The zero-order chi connectivity index (χ0) is 19.6. The standard InChI is InChI=1S/C18H17Cl2FN4OS/c1-18(5-7-27-17(22)25-18)12-9-11(2-3-14(12)21)24-16(26)15-13(20)8-10(19)4-6-23-15/h2-4,8-9H,5-7H2,1H3,(H2,22,25)(H,24,26)/t18-/m0/s1. The van der Waals surface area contributed by atoms with E-state index in [4.69, 9.17) is 28.9 Å². The Balaban J connectivity index is 1.87. The van der Waals surface area contributed by atoms with Crippen molar-refractivity contribution in [1.82, 2.24) is 0 Å². The van der Waals surface area contributed by atoms with E-state index >= 15 is 0 Å². The lowest BCUT2D eigenvalue weighted by molar-refractivity contribution is -0.110. The minimum Gasteiger partial charge on any atom is -0.379 e. The second-order valence-electron chi connectivity index (χ2n) is 6.24. The minimum absolute atomic E-state index is 0.0667. The number of carbonyl (C=O) groups excluding carboxylic acids is 1. The van der Waals surface area contributed by atoms with Crippen LogP contribution >= 0.6 is 35.0 Å². The molecule has 0 saturated carbocycles. The van der Waals surface area contributed by atoms with E-state index in [1.807, 2.05) is 6.92 Å². The molecule has 0 fully saturated rings. The first-order chi connectivity index (χ1) is 12.8. The SMILES string of the molecule is C[C@@]1(c2cc(NC(=O)C3=NCC=C(Cl)C=C3Cl)ccc2F)CCSC(N)=N1. The molecule has 27 heavy (non-hydrogen) atoms. The van der Waals surface area contributed by atoms with E-state index in [-0.39, 0.29) is 17.3 Å². The summed E-state index contributed by atoms with van der Waals surface area (Å²) in [6.45, 7) is 2.07. The summed E-state index contributed by atoms with van der Waals surface area (Å²) in [6.07, 6.45) is 3.74. The normalized spacial score (nSPS) is 22.8. The lowest BCUT2D eigenvalue weighted by Gasteiger charge is -2.30. The van der Waals surface area contributed by atoms with E-state index in [0.717, 1.165) is 5.75 Å². The molecule has 0 spiro atoms. The predicted molar refractivity (Wildman–Crippen MR) is 111 cm³/mol. The van der Waals surface area contributed by atoms with Crippen LogP contribution in [0, 0.1) is 5.82 Å². The van der Waals surface area contributed by atoms with Gasteiger partial charge in [0.1, 0.15) is 11.5 Å². The van der Waals surface area contributed by atoms with Crippen LogP contribution in [0.3, 0.4) is 0 Å². The van der Waals surface area contributed by atoms with Gasteiger partial charge < -0.3 is 11.1 Å². The number of nitrogens with two attached hydrogens (primary N) is 1. The number of halogens is 3. The Morgan fingerprint density at radius 3 is 2.93 bits per heavy atom. The van der Waals surface area contributed by atoms with E-state index < -0.39 is 17.3 Å². The molecule has 2 aliphatic rings. The molecule has 1 atom stereocenters. The minimum atomic E-state index is -0.783. The number of amidine groups is 1. The van der Waals surface area contributed by atoms with E-state index in [9.17, 15) is 9.18 Å². The number of hydrogen-bond acceptors (Lipinski definition) is 5. The van der Waals surface area contributed by atoms with Gasteiger partial charge in [-0.1, -0.05) is 35.0 Å². The summed E-state index contributed by atoms with van der Waals surface area (Å²) in [4.78, 5) is 21.1. The van der Waals surface area contributed by atoms with E-state index in [2.05, 4.69) is 15.3 Å². The maximum absolute atomic E-state index is 14.5. The van der Waals surface area contributed by atoms with Gasteiger partial charge in [0.05, 0.1) is 17.1 Å². The molecule has 142 valence electrons. The third kappa shape index (κ3) is 4.54. The van der Waals surface area contributed by atoms with Gasteiger partial charge in [0.25, 0.3) is 5.91 Å². The molecule has 1 aromatic carbocycles. The molecular weight excluding hydrogens is 410 g/mol. The average molecular weight is 427 g/mol. The van der Waals surface area contributed by atoms with Gasteiger partial charge in [-0.05, 0) is 43.7 Å². The van der Waals surface area contributed by atoms with Crippen LogP contribution in [0.15, 0.2) is 50.4 Å². The van der Waals surface area contributed by atoms with E-state index in [0.29, 0.717) is 27.9 Å². The number of aliphatic imine (C=N–C) groups is 2. The number of thioether (sulfide) groups is 1. The number of carbonyl (C=O) groups is 1. The molecule has 0 unspecified atom stereocenters. The third-order valence-electron chi connectivity index (χ3n) is 4.24. The summed E-state index contributed by atoms with van der Waals surface area (Å²) >= 11 is 13.5. The van der Waals surface area contributed by atoms with Crippen molar-refractivity contribution in [1.29, 1.82) is 0 Å². The fourth-order valence-electron chi connectivity index (χ4n) is 2.81. The van der Waals surface area contributed by atoms with Gasteiger partial charge in [0.2, 0.25) is 0 Å². The molecule has 5 nitrogen and oxygen atoms in total. The second kappa shape index (κ2) is 8.04. The molecular formula is C18H17Cl2FN4OS. The highest BCUT2D eigenvalue weighted by molar-refractivity contribution is 8.13. The van der Waals surface area contributed by atoms with Crippen molar-refractivity contribution >= 4 is 57.4 Å². The Morgan fingerprint density at radius 1 is 1.41 bits per heavy atom. The number of anilines is 1.